The van der Waals surface area contributed by atoms with Gasteiger partial charge in [-0.05, 0) is 51.6 Å². The number of aromatic nitrogens is 2. The smallest absolute Gasteiger partial charge is 0.317 e. The molecule has 9 heteroatoms. The van der Waals surface area contributed by atoms with Crippen molar-refractivity contribution in [2.24, 2.45) is 13.0 Å². The van der Waals surface area contributed by atoms with Crippen LogP contribution in [0.25, 0.3) is 0 Å². The first kappa shape index (κ1) is 19.7. The van der Waals surface area contributed by atoms with E-state index in [0.29, 0.717) is 19.6 Å². The van der Waals surface area contributed by atoms with Crippen LogP contribution in [-0.4, -0.2) is 61.6 Å². The van der Waals surface area contributed by atoms with Crippen molar-refractivity contribution < 1.29 is 13.2 Å². The number of sulfonamides is 1. The number of nitrogens with one attached hydrogen (secondary N) is 2. The second-order valence-corrected chi connectivity index (χ2v) is 8.67. The van der Waals surface area contributed by atoms with E-state index in [9.17, 15) is 13.2 Å². The maximum Gasteiger partial charge on any atom is 0.317 e. The lowest BCUT2D eigenvalue weighted by Crippen LogP contribution is -2.47. The second-order valence-electron chi connectivity index (χ2n) is 6.69. The zero-order valence-electron chi connectivity index (χ0n) is 15.5. The van der Waals surface area contributed by atoms with Gasteiger partial charge in [0.15, 0.2) is 0 Å². The number of amides is 2. The highest BCUT2D eigenvalue weighted by Gasteiger charge is 2.27. The van der Waals surface area contributed by atoms with Crippen molar-refractivity contribution in [1.29, 1.82) is 0 Å². The van der Waals surface area contributed by atoms with Crippen LogP contribution in [0.4, 0.5) is 4.79 Å². The number of hydrogen-bond acceptors (Lipinski definition) is 4. The normalized spacial score (nSPS) is 18.4. The molecule has 0 radical (unpaired) electrons. The number of aryl methyl sites for hydroxylation is 2. The van der Waals surface area contributed by atoms with Crippen LogP contribution in [0.1, 0.15) is 29.8 Å². The van der Waals surface area contributed by atoms with E-state index in [1.165, 1.54) is 12.6 Å². The molecule has 25 heavy (non-hydrogen) atoms. The molecule has 2 heterocycles. The third-order valence-corrected chi connectivity index (χ3v) is 6.41. The summed E-state index contributed by atoms with van der Waals surface area (Å²) in [5.74, 6) is 0.0567. The number of rotatable bonds is 6. The molecule has 1 atom stereocenters. The van der Waals surface area contributed by atoms with E-state index in [0.717, 1.165) is 30.7 Å². The summed E-state index contributed by atoms with van der Waals surface area (Å²) in [5.41, 5.74) is 3.27. The Hall–Kier alpha value is -1.61. The fourth-order valence-electron chi connectivity index (χ4n) is 3.36. The van der Waals surface area contributed by atoms with Crippen molar-refractivity contribution in [3.8, 4) is 0 Å². The van der Waals surface area contributed by atoms with Crippen molar-refractivity contribution in [1.82, 2.24) is 24.7 Å². The molecule has 1 aliphatic rings. The van der Waals surface area contributed by atoms with E-state index in [-0.39, 0.29) is 17.7 Å². The Bertz CT molecular complexity index is 714. The van der Waals surface area contributed by atoms with Crippen LogP contribution in [0, 0.1) is 19.8 Å². The summed E-state index contributed by atoms with van der Waals surface area (Å²) in [5, 5.41) is 7.33. The van der Waals surface area contributed by atoms with Crippen molar-refractivity contribution in [2.75, 3.05) is 32.4 Å². The summed E-state index contributed by atoms with van der Waals surface area (Å²) < 4.78 is 27.6. The van der Waals surface area contributed by atoms with Crippen LogP contribution in [0.15, 0.2) is 0 Å². The number of hydrogen-bond donors (Lipinski definition) is 2. The number of carbonyl (C=O) groups excluding carboxylic acids is 1. The van der Waals surface area contributed by atoms with Gasteiger partial charge in [0.25, 0.3) is 0 Å². The highest BCUT2D eigenvalue weighted by atomic mass is 32.2. The minimum absolute atomic E-state index is 0.0141. The molecule has 2 rings (SSSR count). The zero-order chi connectivity index (χ0) is 18.6. The summed E-state index contributed by atoms with van der Waals surface area (Å²) in [6.07, 6.45) is 2.40. The average Bonchev–Trinajstić information content (AvgIpc) is 2.80. The lowest BCUT2D eigenvalue weighted by atomic mass is 10.0. The van der Waals surface area contributed by atoms with E-state index in [2.05, 4.69) is 15.1 Å². The maximum atomic E-state index is 12.4. The molecule has 2 N–H and O–H groups in total. The molecule has 0 aliphatic carbocycles. The van der Waals surface area contributed by atoms with E-state index in [1.54, 1.807) is 4.90 Å². The molecular weight excluding hydrogens is 342 g/mol. The molecule has 1 saturated heterocycles. The molecule has 0 saturated carbocycles. The quantitative estimate of drug-likeness (QED) is 0.763. The van der Waals surface area contributed by atoms with Gasteiger partial charge in [0.2, 0.25) is 10.0 Å². The van der Waals surface area contributed by atoms with Crippen molar-refractivity contribution in [3.05, 3.63) is 17.0 Å². The fourth-order valence-corrected chi connectivity index (χ4v) is 4.42. The molecule has 1 aliphatic heterocycles. The van der Waals surface area contributed by atoms with Gasteiger partial charge in [0, 0.05) is 32.4 Å². The fraction of sp³-hybridized carbons (Fsp3) is 0.750. The van der Waals surface area contributed by atoms with Gasteiger partial charge in [-0.2, -0.15) is 5.10 Å². The zero-order valence-corrected chi connectivity index (χ0v) is 16.3. The minimum atomic E-state index is -3.25. The molecule has 1 unspecified atom stereocenters. The van der Waals surface area contributed by atoms with Crippen LogP contribution < -0.4 is 10.0 Å². The average molecular weight is 372 g/mol. The van der Waals surface area contributed by atoms with Gasteiger partial charge in [-0.25, -0.2) is 17.9 Å². The third kappa shape index (κ3) is 5.18. The number of urea groups is 1. The number of carbonyl (C=O) groups is 1. The summed E-state index contributed by atoms with van der Waals surface area (Å²) in [7, 11) is 0.0898. The minimum Gasteiger partial charge on any atom is -0.338 e. The predicted octanol–water partition coefficient (Wildman–Crippen LogP) is 0.550. The maximum absolute atomic E-state index is 12.4. The number of piperidine rings is 1. The molecule has 0 spiro atoms. The molecule has 2 amide bonds. The summed E-state index contributed by atoms with van der Waals surface area (Å²) in [4.78, 5) is 14.1. The Labute approximate surface area is 150 Å². The Morgan fingerprint density at radius 3 is 2.68 bits per heavy atom. The van der Waals surface area contributed by atoms with Crippen LogP contribution in [0.3, 0.4) is 0 Å². The Morgan fingerprint density at radius 1 is 1.36 bits per heavy atom. The highest BCUT2D eigenvalue weighted by molar-refractivity contribution is 7.89. The third-order valence-electron chi connectivity index (χ3n) is 4.88. The van der Waals surface area contributed by atoms with Crippen LogP contribution in [0.2, 0.25) is 0 Å². The molecule has 1 fully saturated rings. The highest BCUT2D eigenvalue weighted by Crippen LogP contribution is 2.18. The first-order chi connectivity index (χ1) is 11.7. The van der Waals surface area contributed by atoms with Gasteiger partial charge >= 0.3 is 6.03 Å². The lowest BCUT2D eigenvalue weighted by Gasteiger charge is -2.32. The topological polar surface area (TPSA) is 96.3 Å². The first-order valence-corrected chi connectivity index (χ1v) is 10.3. The Kier molecular flexibility index (Phi) is 6.45. The van der Waals surface area contributed by atoms with E-state index < -0.39 is 10.0 Å². The summed E-state index contributed by atoms with van der Waals surface area (Å²) >= 11 is 0. The van der Waals surface area contributed by atoms with Gasteiger partial charge in [0.1, 0.15) is 0 Å². The molecule has 8 nitrogen and oxygen atoms in total. The second kappa shape index (κ2) is 8.18. The van der Waals surface area contributed by atoms with E-state index in [4.69, 9.17) is 0 Å². The van der Waals surface area contributed by atoms with E-state index >= 15 is 0 Å². The van der Waals surface area contributed by atoms with Crippen LogP contribution in [-0.2, 0) is 23.5 Å². The molecule has 1 aromatic rings. The monoisotopic (exact) mass is 371 g/mol. The summed E-state index contributed by atoms with van der Waals surface area (Å²) in [6, 6.07) is -0.120. The summed E-state index contributed by atoms with van der Waals surface area (Å²) in [6.45, 7) is 5.70. The van der Waals surface area contributed by atoms with Gasteiger partial charge in [-0.1, -0.05) is 0 Å². The molecule has 142 valence electrons. The molecule has 0 bridgehead atoms. The predicted molar refractivity (Wildman–Crippen MR) is 96.9 cm³/mol. The van der Waals surface area contributed by atoms with Crippen LogP contribution in [0.5, 0.6) is 0 Å². The Balaban J connectivity index is 1.84. The van der Waals surface area contributed by atoms with Crippen molar-refractivity contribution >= 4 is 16.1 Å². The number of likely N-dealkylation sites (tertiary alicyclic amines) is 1. The standard InChI is InChI=1S/C16H29N5O3S/c1-12-15(13(2)20(4)19-12)7-8-18-16(22)21-9-5-6-14(10-21)11-25(23,24)17-3/h14,17H,5-11H2,1-4H3,(H,18,22). The van der Waals surface area contributed by atoms with Gasteiger partial charge in [-0.3, -0.25) is 4.68 Å². The van der Waals surface area contributed by atoms with Crippen molar-refractivity contribution in [2.45, 2.75) is 33.1 Å². The van der Waals surface area contributed by atoms with Crippen LogP contribution >= 0.6 is 0 Å². The number of nitrogens with zero attached hydrogens (tertiary/aromatic N) is 3. The molecule has 1 aromatic heterocycles. The molecule has 0 aromatic carbocycles. The van der Waals surface area contributed by atoms with Gasteiger partial charge in [0.05, 0.1) is 11.4 Å². The Morgan fingerprint density at radius 2 is 2.08 bits per heavy atom. The SMILES string of the molecule is CNS(=O)(=O)CC1CCCN(C(=O)NCCc2c(C)nn(C)c2C)C1. The van der Waals surface area contributed by atoms with Crippen molar-refractivity contribution in [3.63, 3.8) is 0 Å². The molecular formula is C16H29N5O3S. The first-order valence-electron chi connectivity index (χ1n) is 8.66. The van der Waals surface area contributed by atoms with Gasteiger partial charge in [-0.15, -0.1) is 0 Å². The lowest BCUT2D eigenvalue weighted by molar-refractivity contribution is 0.170. The largest absolute Gasteiger partial charge is 0.338 e. The van der Waals surface area contributed by atoms with E-state index in [1.807, 2.05) is 25.6 Å². The van der Waals surface area contributed by atoms with Gasteiger partial charge < -0.3 is 10.2 Å².